The molecule has 0 amide bonds. The number of carbonyl (C=O) groups excluding carboxylic acids is 1. The van der Waals surface area contributed by atoms with Crippen molar-refractivity contribution in [1.82, 2.24) is 0 Å². The van der Waals surface area contributed by atoms with Crippen LogP contribution in [0.25, 0.3) is 0 Å². The van der Waals surface area contributed by atoms with Crippen LogP contribution in [0.2, 0.25) is 0 Å². The summed E-state index contributed by atoms with van der Waals surface area (Å²) in [4.78, 5) is 11.9. The molecule has 1 aromatic rings. The molecular weight excluding hydrogens is 304 g/mol. The number of ether oxygens (including phenoxy) is 2. The highest BCUT2D eigenvalue weighted by Crippen LogP contribution is 2.24. The molecule has 1 rings (SSSR count). The fraction of sp³-hybridized carbons (Fsp3) is 0.462. The smallest absolute Gasteiger partial charge is 0.338 e. The summed E-state index contributed by atoms with van der Waals surface area (Å²) in [5.41, 5.74) is 1.29. The molecule has 0 bridgehead atoms. The predicted octanol–water partition coefficient (Wildman–Crippen LogP) is 2.42. The zero-order valence-corrected chi connectivity index (χ0v) is 13.3. The lowest BCUT2D eigenvalue weighted by atomic mass is 10.1. The van der Waals surface area contributed by atoms with Gasteiger partial charge in [0, 0.05) is 17.8 Å². The lowest BCUT2D eigenvalue weighted by Crippen LogP contribution is -2.20. The number of methoxy groups -OCH3 is 1. The zero-order chi connectivity index (χ0) is 15.5. The van der Waals surface area contributed by atoms with Gasteiger partial charge in [0.15, 0.2) is 0 Å². The van der Waals surface area contributed by atoms with Gasteiger partial charge < -0.3 is 9.47 Å². The number of benzene rings is 1. The Bertz CT molecular complexity index is 609. The monoisotopic (exact) mass is 320 g/mol. The van der Waals surface area contributed by atoms with E-state index in [0.717, 1.165) is 0 Å². The summed E-state index contributed by atoms with van der Waals surface area (Å²) in [5.74, 6) is -0.603. The first-order chi connectivity index (χ1) is 9.16. The molecule has 1 aromatic carbocycles. The van der Waals surface area contributed by atoms with Crippen LogP contribution in [0.1, 0.15) is 28.4 Å². The number of hydrogen-bond acceptors (Lipinski definition) is 5. The van der Waals surface area contributed by atoms with Gasteiger partial charge >= 0.3 is 5.97 Å². The van der Waals surface area contributed by atoms with E-state index < -0.39 is 21.1 Å². The molecular formula is C13H17ClO5S. The lowest BCUT2D eigenvalue weighted by Gasteiger charge is -2.14. The summed E-state index contributed by atoms with van der Waals surface area (Å²) in [6.07, 6.45) is -0.427. The van der Waals surface area contributed by atoms with E-state index in [9.17, 15) is 13.2 Å². The second-order valence-electron chi connectivity index (χ2n) is 4.54. The maximum absolute atomic E-state index is 12.0. The largest absolute Gasteiger partial charge is 0.457 e. The number of rotatable bonds is 5. The Balaban J connectivity index is 3.16. The standard InChI is InChI=1S/C13H17ClO5S/c1-8-5-9(2)12(20(14,16)17)6-11(8)13(15)19-10(3)7-18-4/h5-6,10H,7H2,1-4H3. The molecule has 0 saturated heterocycles. The molecule has 0 N–H and O–H groups in total. The Morgan fingerprint density at radius 1 is 1.30 bits per heavy atom. The van der Waals surface area contributed by atoms with E-state index in [-0.39, 0.29) is 17.1 Å². The van der Waals surface area contributed by atoms with Crippen LogP contribution in [0.15, 0.2) is 17.0 Å². The predicted molar refractivity (Wildman–Crippen MR) is 75.7 cm³/mol. The number of halogens is 1. The Morgan fingerprint density at radius 2 is 1.90 bits per heavy atom. The molecule has 20 heavy (non-hydrogen) atoms. The third-order valence-corrected chi connectivity index (χ3v) is 4.18. The highest BCUT2D eigenvalue weighted by Gasteiger charge is 2.20. The van der Waals surface area contributed by atoms with Gasteiger partial charge in [-0.15, -0.1) is 0 Å². The topological polar surface area (TPSA) is 69.7 Å². The van der Waals surface area contributed by atoms with Gasteiger partial charge in [-0.05, 0) is 38.0 Å². The van der Waals surface area contributed by atoms with Crippen molar-refractivity contribution < 1.29 is 22.7 Å². The van der Waals surface area contributed by atoms with Gasteiger partial charge in [-0.2, -0.15) is 0 Å². The van der Waals surface area contributed by atoms with E-state index in [0.29, 0.717) is 11.1 Å². The van der Waals surface area contributed by atoms with Crippen LogP contribution in [0, 0.1) is 13.8 Å². The van der Waals surface area contributed by atoms with Crippen LogP contribution in [0.3, 0.4) is 0 Å². The molecule has 0 heterocycles. The van der Waals surface area contributed by atoms with E-state index in [1.165, 1.54) is 13.2 Å². The van der Waals surface area contributed by atoms with Gasteiger partial charge in [-0.25, -0.2) is 13.2 Å². The normalized spacial score (nSPS) is 13.1. The fourth-order valence-electron chi connectivity index (χ4n) is 1.83. The van der Waals surface area contributed by atoms with Crippen LogP contribution in [0.4, 0.5) is 0 Å². The maximum atomic E-state index is 12.0. The van der Waals surface area contributed by atoms with E-state index in [1.807, 2.05) is 0 Å². The first-order valence-corrected chi connectivity index (χ1v) is 8.23. The van der Waals surface area contributed by atoms with Crippen molar-refractivity contribution in [3.05, 3.63) is 28.8 Å². The quantitative estimate of drug-likeness (QED) is 0.615. The van der Waals surface area contributed by atoms with Crippen molar-refractivity contribution in [2.75, 3.05) is 13.7 Å². The summed E-state index contributed by atoms with van der Waals surface area (Å²) in [6.45, 7) is 5.27. The van der Waals surface area contributed by atoms with Gasteiger partial charge in [0.05, 0.1) is 17.1 Å². The van der Waals surface area contributed by atoms with Gasteiger partial charge in [0.25, 0.3) is 9.05 Å². The lowest BCUT2D eigenvalue weighted by molar-refractivity contribution is 0.0119. The highest BCUT2D eigenvalue weighted by molar-refractivity contribution is 8.13. The van der Waals surface area contributed by atoms with Crippen LogP contribution in [-0.4, -0.2) is 34.2 Å². The van der Waals surface area contributed by atoms with Crippen molar-refractivity contribution in [3.8, 4) is 0 Å². The van der Waals surface area contributed by atoms with E-state index in [4.69, 9.17) is 20.2 Å². The molecule has 0 aliphatic rings. The molecule has 0 spiro atoms. The molecule has 5 nitrogen and oxygen atoms in total. The van der Waals surface area contributed by atoms with Gasteiger partial charge in [-0.3, -0.25) is 0 Å². The summed E-state index contributed by atoms with van der Waals surface area (Å²) < 4.78 is 33.0. The molecule has 1 atom stereocenters. The van der Waals surface area contributed by atoms with Crippen LogP contribution < -0.4 is 0 Å². The van der Waals surface area contributed by atoms with Crippen LogP contribution in [0.5, 0.6) is 0 Å². The summed E-state index contributed by atoms with van der Waals surface area (Å²) >= 11 is 0. The number of esters is 1. The van der Waals surface area contributed by atoms with E-state index in [2.05, 4.69) is 0 Å². The fourth-order valence-corrected chi connectivity index (χ4v) is 3.03. The Labute approximate surface area is 123 Å². The Kier molecular flexibility index (Phi) is 5.56. The van der Waals surface area contributed by atoms with Crippen molar-refractivity contribution in [3.63, 3.8) is 0 Å². The highest BCUT2D eigenvalue weighted by atomic mass is 35.7. The van der Waals surface area contributed by atoms with Gasteiger partial charge in [0.1, 0.15) is 6.10 Å². The van der Waals surface area contributed by atoms with Crippen molar-refractivity contribution in [2.45, 2.75) is 31.8 Å². The second-order valence-corrected chi connectivity index (χ2v) is 7.08. The molecule has 1 unspecified atom stereocenters. The van der Waals surface area contributed by atoms with E-state index >= 15 is 0 Å². The molecule has 7 heteroatoms. The van der Waals surface area contributed by atoms with Crippen molar-refractivity contribution in [2.24, 2.45) is 0 Å². The number of hydrogen-bond donors (Lipinski definition) is 0. The SMILES string of the molecule is COCC(C)OC(=O)c1cc(S(=O)(=O)Cl)c(C)cc1C. The molecule has 0 radical (unpaired) electrons. The zero-order valence-electron chi connectivity index (χ0n) is 11.8. The third-order valence-electron chi connectivity index (χ3n) is 2.71. The average Bonchev–Trinajstić information content (AvgIpc) is 2.26. The number of carbonyl (C=O) groups is 1. The first-order valence-electron chi connectivity index (χ1n) is 5.92. The molecule has 0 aromatic heterocycles. The van der Waals surface area contributed by atoms with Crippen LogP contribution in [-0.2, 0) is 18.5 Å². The van der Waals surface area contributed by atoms with Gasteiger partial charge in [-0.1, -0.05) is 6.07 Å². The summed E-state index contributed by atoms with van der Waals surface area (Å²) in [7, 11) is 2.94. The van der Waals surface area contributed by atoms with Crippen LogP contribution >= 0.6 is 10.7 Å². The molecule has 0 aliphatic heterocycles. The Morgan fingerprint density at radius 3 is 2.40 bits per heavy atom. The van der Waals surface area contributed by atoms with Gasteiger partial charge in [0.2, 0.25) is 0 Å². The molecule has 0 fully saturated rings. The minimum Gasteiger partial charge on any atom is -0.457 e. The van der Waals surface area contributed by atoms with E-state index in [1.54, 1.807) is 26.8 Å². The average molecular weight is 321 g/mol. The minimum absolute atomic E-state index is 0.0869. The summed E-state index contributed by atoms with van der Waals surface area (Å²) in [5, 5.41) is 0. The summed E-state index contributed by atoms with van der Waals surface area (Å²) in [6, 6.07) is 2.84. The van der Waals surface area contributed by atoms with Crippen molar-refractivity contribution in [1.29, 1.82) is 0 Å². The molecule has 112 valence electrons. The molecule has 0 aliphatic carbocycles. The second kappa shape index (κ2) is 6.56. The maximum Gasteiger partial charge on any atom is 0.338 e. The minimum atomic E-state index is -3.91. The number of aryl methyl sites for hydroxylation is 2. The molecule has 0 saturated carbocycles. The Hall–Kier alpha value is -1.11. The third kappa shape index (κ3) is 4.19. The van der Waals surface area contributed by atoms with Crippen molar-refractivity contribution >= 4 is 25.7 Å². The first kappa shape index (κ1) is 16.9.